The fourth-order valence-corrected chi connectivity index (χ4v) is 2.35. The molecule has 1 aliphatic carbocycles. The third-order valence-electron chi connectivity index (χ3n) is 3.08. The van der Waals surface area contributed by atoms with Crippen LogP contribution in [0.15, 0.2) is 11.3 Å². The Morgan fingerprint density at radius 3 is 2.42 bits per heavy atom. The highest BCUT2D eigenvalue weighted by Gasteiger charge is 2.13. The Hall–Kier alpha value is -0.460. The first-order valence-corrected chi connectivity index (χ1v) is 5.41. The zero-order valence-electron chi connectivity index (χ0n) is 7.86. The predicted molar refractivity (Wildman–Crippen MR) is 52.0 cm³/mol. The normalized spacial score (nSPS) is 25.3. The van der Waals surface area contributed by atoms with E-state index < -0.39 is 0 Å². The summed E-state index contributed by atoms with van der Waals surface area (Å²) in [6, 6.07) is 0. The van der Waals surface area contributed by atoms with Crippen molar-refractivity contribution in [2.75, 3.05) is 6.54 Å². The summed E-state index contributed by atoms with van der Waals surface area (Å²) >= 11 is 0. The van der Waals surface area contributed by atoms with Crippen LogP contribution in [0.5, 0.6) is 0 Å². The van der Waals surface area contributed by atoms with E-state index in [0.717, 1.165) is 0 Å². The summed E-state index contributed by atoms with van der Waals surface area (Å²) < 4.78 is 0. The molecule has 0 spiro atoms. The fraction of sp³-hybridized carbons (Fsp3) is 0.818. The van der Waals surface area contributed by atoms with Crippen molar-refractivity contribution in [2.45, 2.75) is 51.4 Å². The maximum absolute atomic E-state index is 3.57. The number of nitrogens with one attached hydrogen (secondary N) is 1. The van der Waals surface area contributed by atoms with E-state index in [9.17, 15) is 0 Å². The Morgan fingerprint density at radius 1 is 0.750 bits per heavy atom. The molecule has 0 fully saturated rings. The Bertz CT molecular complexity index is 161. The van der Waals surface area contributed by atoms with Gasteiger partial charge in [-0.15, -0.1) is 0 Å². The summed E-state index contributed by atoms with van der Waals surface area (Å²) in [6.07, 6.45) is 11.2. The first kappa shape index (κ1) is 8.15. The topological polar surface area (TPSA) is 12.0 Å². The van der Waals surface area contributed by atoms with E-state index in [1.54, 1.807) is 11.3 Å². The van der Waals surface area contributed by atoms with Gasteiger partial charge in [0.25, 0.3) is 0 Å². The average molecular weight is 165 g/mol. The lowest BCUT2D eigenvalue weighted by molar-refractivity contribution is 0.537. The van der Waals surface area contributed by atoms with Gasteiger partial charge in [-0.05, 0) is 38.5 Å². The van der Waals surface area contributed by atoms with Gasteiger partial charge in [0.1, 0.15) is 0 Å². The lowest BCUT2D eigenvalue weighted by Crippen LogP contribution is -2.22. The molecule has 1 N–H and O–H groups in total. The first-order chi connectivity index (χ1) is 5.97. The van der Waals surface area contributed by atoms with Gasteiger partial charge in [-0.2, -0.15) is 0 Å². The van der Waals surface area contributed by atoms with Gasteiger partial charge in [0.2, 0.25) is 0 Å². The van der Waals surface area contributed by atoms with E-state index in [4.69, 9.17) is 0 Å². The second-order valence-corrected chi connectivity index (χ2v) is 4.03. The molecule has 1 heteroatoms. The van der Waals surface area contributed by atoms with E-state index in [2.05, 4.69) is 5.32 Å². The van der Waals surface area contributed by atoms with Crippen LogP contribution in [0, 0.1) is 0 Å². The van der Waals surface area contributed by atoms with E-state index in [0.29, 0.717) is 0 Å². The quantitative estimate of drug-likeness (QED) is 0.582. The van der Waals surface area contributed by atoms with Gasteiger partial charge in [-0.3, -0.25) is 0 Å². The van der Waals surface area contributed by atoms with Crippen molar-refractivity contribution in [2.24, 2.45) is 0 Å². The van der Waals surface area contributed by atoms with Crippen LogP contribution >= 0.6 is 0 Å². The van der Waals surface area contributed by atoms with E-state index in [1.807, 2.05) is 0 Å². The monoisotopic (exact) mass is 165 g/mol. The molecule has 0 saturated heterocycles. The lowest BCUT2D eigenvalue weighted by atomic mass is 9.92. The van der Waals surface area contributed by atoms with Crippen LogP contribution in [0.25, 0.3) is 0 Å². The molecule has 0 atom stereocenters. The molecule has 0 bridgehead atoms. The van der Waals surface area contributed by atoms with Crippen molar-refractivity contribution >= 4 is 0 Å². The number of hydrogen-bond acceptors (Lipinski definition) is 1. The number of allylic oxidation sites excluding steroid dienone is 2. The van der Waals surface area contributed by atoms with Crippen molar-refractivity contribution in [1.29, 1.82) is 0 Å². The summed E-state index contributed by atoms with van der Waals surface area (Å²) in [5.41, 5.74) is 3.36. The van der Waals surface area contributed by atoms with E-state index >= 15 is 0 Å². The molecular weight excluding hydrogens is 146 g/mol. The average Bonchev–Trinajstić information content (AvgIpc) is 2.06. The predicted octanol–water partition coefficient (Wildman–Crippen LogP) is 2.98. The third kappa shape index (κ3) is 1.82. The highest BCUT2D eigenvalue weighted by atomic mass is 14.9. The molecule has 0 aromatic carbocycles. The standard InChI is InChI=1S/C11H19N/c1-2-4-8-11-10(6-3-1)7-5-9-12-11/h12H,1-9H2. The number of hydrogen-bond donors (Lipinski definition) is 1. The molecule has 0 aromatic heterocycles. The molecule has 68 valence electrons. The summed E-state index contributed by atoms with van der Waals surface area (Å²) in [5, 5.41) is 3.57. The summed E-state index contributed by atoms with van der Waals surface area (Å²) in [7, 11) is 0. The van der Waals surface area contributed by atoms with E-state index in [1.165, 1.54) is 57.9 Å². The van der Waals surface area contributed by atoms with Crippen LogP contribution in [0.1, 0.15) is 51.4 Å². The SMILES string of the molecule is C1CCCC2=C(CC1)CCCN2. The molecule has 0 saturated carbocycles. The first-order valence-electron chi connectivity index (χ1n) is 5.41. The van der Waals surface area contributed by atoms with Crippen molar-refractivity contribution in [1.82, 2.24) is 5.32 Å². The fourth-order valence-electron chi connectivity index (χ4n) is 2.35. The smallest absolute Gasteiger partial charge is 0.0147 e. The third-order valence-corrected chi connectivity index (χ3v) is 3.08. The Morgan fingerprint density at radius 2 is 1.50 bits per heavy atom. The maximum atomic E-state index is 3.57. The van der Waals surface area contributed by atoms with Crippen molar-refractivity contribution in [3.05, 3.63) is 11.3 Å². The second-order valence-electron chi connectivity index (χ2n) is 4.03. The van der Waals surface area contributed by atoms with Crippen molar-refractivity contribution in [3.8, 4) is 0 Å². The van der Waals surface area contributed by atoms with Gasteiger partial charge in [-0.1, -0.05) is 18.4 Å². The molecule has 1 heterocycles. The lowest BCUT2D eigenvalue weighted by Gasteiger charge is -2.24. The highest BCUT2D eigenvalue weighted by Crippen LogP contribution is 2.26. The van der Waals surface area contributed by atoms with Crippen LogP contribution in [0.3, 0.4) is 0 Å². The number of rotatable bonds is 0. The molecule has 2 rings (SSSR count). The van der Waals surface area contributed by atoms with Gasteiger partial charge in [0.05, 0.1) is 0 Å². The van der Waals surface area contributed by atoms with Crippen molar-refractivity contribution < 1.29 is 0 Å². The van der Waals surface area contributed by atoms with Gasteiger partial charge in [-0.25, -0.2) is 0 Å². The Kier molecular flexibility index (Phi) is 2.70. The summed E-state index contributed by atoms with van der Waals surface area (Å²) in [5.74, 6) is 0. The molecular formula is C11H19N. The second kappa shape index (κ2) is 3.97. The van der Waals surface area contributed by atoms with Crippen LogP contribution in [0.4, 0.5) is 0 Å². The zero-order chi connectivity index (χ0) is 8.23. The van der Waals surface area contributed by atoms with Crippen LogP contribution < -0.4 is 5.32 Å². The molecule has 2 aliphatic rings. The largest absolute Gasteiger partial charge is 0.388 e. The molecule has 0 radical (unpaired) electrons. The Labute approximate surface area is 75.2 Å². The minimum Gasteiger partial charge on any atom is -0.388 e. The molecule has 0 amide bonds. The van der Waals surface area contributed by atoms with Gasteiger partial charge < -0.3 is 5.32 Å². The van der Waals surface area contributed by atoms with Gasteiger partial charge in [0, 0.05) is 12.2 Å². The van der Waals surface area contributed by atoms with Crippen LogP contribution in [-0.4, -0.2) is 6.54 Å². The molecule has 12 heavy (non-hydrogen) atoms. The van der Waals surface area contributed by atoms with E-state index in [-0.39, 0.29) is 0 Å². The summed E-state index contributed by atoms with van der Waals surface area (Å²) in [6.45, 7) is 1.22. The zero-order valence-corrected chi connectivity index (χ0v) is 7.86. The van der Waals surface area contributed by atoms with Gasteiger partial charge >= 0.3 is 0 Å². The minimum absolute atomic E-state index is 1.22. The summed E-state index contributed by atoms with van der Waals surface area (Å²) in [4.78, 5) is 0. The molecule has 0 aromatic rings. The van der Waals surface area contributed by atoms with Crippen LogP contribution in [-0.2, 0) is 0 Å². The Balaban J connectivity index is 2.06. The minimum atomic E-state index is 1.22. The van der Waals surface area contributed by atoms with Crippen LogP contribution in [0.2, 0.25) is 0 Å². The van der Waals surface area contributed by atoms with Gasteiger partial charge in [0.15, 0.2) is 0 Å². The highest BCUT2D eigenvalue weighted by molar-refractivity contribution is 5.16. The molecule has 0 unspecified atom stereocenters. The molecule has 1 aliphatic heterocycles. The molecule has 1 nitrogen and oxygen atoms in total. The maximum Gasteiger partial charge on any atom is 0.0147 e. The van der Waals surface area contributed by atoms with Crippen molar-refractivity contribution in [3.63, 3.8) is 0 Å².